The number of nitrogens with one attached hydrogen (secondary N) is 4. The lowest BCUT2D eigenvalue weighted by atomic mass is 10.2. The van der Waals surface area contributed by atoms with Crippen molar-refractivity contribution in [3.63, 3.8) is 0 Å². The molecule has 0 atom stereocenters. The summed E-state index contributed by atoms with van der Waals surface area (Å²) in [6.45, 7) is -2.74. The molecule has 0 saturated heterocycles. The lowest BCUT2D eigenvalue weighted by Crippen LogP contribution is -2.61. The van der Waals surface area contributed by atoms with Gasteiger partial charge in [0.15, 0.2) is 0 Å². The molecule has 0 radical (unpaired) electrons. The fourth-order valence-corrected chi connectivity index (χ4v) is 12.2. The van der Waals surface area contributed by atoms with Gasteiger partial charge < -0.3 is 0 Å². The van der Waals surface area contributed by atoms with E-state index in [0.29, 0.717) is 6.07 Å². The van der Waals surface area contributed by atoms with Crippen LogP contribution in [0.5, 0.6) is 0 Å². The molecule has 0 heterocycles. The summed E-state index contributed by atoms with van der Waals surface area (Å²) in [4.78, 5) is -1.06. The number of nitriles is 4. The van der Waals surface area contributed by atoms with Crippen LogP contribution in [0.1, 0.15) is 31.2 Å². The lowest BCUT2D eigenvalue weighted by molar-refractivity contribution is 0.533. The van der Waals surface area contributed by atoms with E-state index in [4.69, 9.17) is 21.0 Å². The van der Waals surface area contributed by atoms with E-state index in [-0.39, 0.29) is 6.42 Å². The predicted molar refractivity (Wildman–Crippen MR) is 135 cm³/mol. The van der Waals surface area contributed by atoms with E-state index < -0.39 is 99.4 Å². The van der Waals surface area contributed by atoms with Gasteiger partial charge in [0.1, 0.15) is 0 Å². The Bertz CT molecular complexity index is 1510. The molecule has 0 aliphatic carbocycles. The predicted octanol–water partition coefficient (Wildman–Crippen LogP) is -1.51. The summed E-state index contributed by atoms with van der Waals surface area (Å²) in [5.74, 6) is 0. The number of hydrogen-bond acceptors (Lipinski definition) is 12. The molecule has 212 valence electrons. The van der Waals surface area contributed by atoms with Gasteiger partial charge in [0.2, 0.25) is 10.0 Å². The minimum absolute atomic E-state index is 0.331. The van der Waals surface area contributed by atoms with Gasteiger partial charge >= 0.3 is 3.41 Å². The topological polar surface area (TPSA) is 280 Å². The van der Waals surface area contributed by atoms with Gasteiger partial charge in [-0.05, 0) is 6.07 Å². The fraction of sp³-hybridized carbons (Fsp3) is 0.474. The molecule has 0 aliphatic rings. The number of nitrogens with zero attached hydrogens (tertiary/aromatic N) is 4. The molecule has 0 spiro atoms. The molecule has 4 N–H and O–H groups in total. The fourth-order valence-electron chi connectivity index (χ4n) is 3.15. The van der Waals surface area contributed by atoms with Gasteiger partial charge in [-0.25, -0.2) is 52.6 Å². The van der Waals surface area contributed by atoms with Crippen LogP contribution in [0.15, 0.2) is 29.2 Å². The first-order chi connectivity index (χ1) is 18.2. The third kappa shape index (κ3) is 7.48. The molecule has 0 amide bonds. The molecule has 1 rings (SSSR count). The largest absolute Gasteiger partial charge is 0.339 e. The summed E-state index contributed by atoms with van der Waals surface area (Å²) in [7, 11) is -22.0. The molecule has 16 nitrogen and oxygen atoms in total. The van der Waals surface area contributed by atoms with Gasteiger partial charge in [-0.15, -0.1) is 0 Å². The lowest BCUT2D eigenvalue weighted by Gasteiger charge is -2.33. The van der Waals surface area contributed by atoms with E-state index in [1.165, 1.54) is 0 Å². The van der Waals surface area contributed by atoms with Crippen molar-refractivity contribution in [2.45, 2.75) is 34.0 Å². The summed E-state index contributed by atoms with van der Waals surface area (Å²) >= 11 is 0. The van der Waals surface area contributed by atoms with Gasteiger partial charge in [0.25, 0.3) is 30.1 Å². The standard InChI is InChI=1S/C19H24N8O8S4/c20-9-3-13-24-36(28,29)18-8-2-1-7-17(18)19(37(30,31)25-14-4-10-21,38(32,33)26-15-5-11-22)39(34,35)27-16-6-12-23/h1-2,7-8,24-27H,3-6,13-16H2. The molecule has 0 saturated carbocycles. The van der Waals surface area contributed by atoms with Crippen LogP contribution in [0, 0.1) is 45.3 Å². The van der Waals surface area contributed by atoms with E-state index in [1.54, 1.807) is 38.4 Å². The van der Waals surface area contributed by atoms with Crippen LogP contribution < -0.4 is 18.9 Å². The highest BCUT2D eigenvalue weighted by molar-refractivity contribution is 8.23. The summed E-state index contributed by atoms with van der Waals surface area (Å²) in [6, 6.07) is 9.96. The quantitative estimate of drug-likeness (QED) is 0.145. The van der Waals surface area contributed by atoms with Crippen molar-refractivity contribution in [3.8, 4) is 24.3 Å². The number of sulfonamides is 4. The Morgan fingerprint density at radius 2 is 0.897 bits per heavy atom. The zero-order valence-electron chi connectivity index (χ0n) is 20.2. The van der Waals surface area contributed by atoms with Crippen LogP contribution in [0.4, 0.5) is 0 Å². The van der Waals surface area contributed by atoms with Gasteiger partial charge in [0, 0.05) is 57.4 Å². The number of rotatable bonds is 17. The third-order valence-electron chi connectivity index (χ3n) is 4.68. The number of hydrogen-bond donors (Lipinski definition) is 4. The Labute approximate surface area is 227 Å². The summed E-state index contributed by atoms with van der Waals surface area (Å²) < 4.78 is 112. The Hall–Kier alpha value is -3.18. The Morgan fingerprint density at radius 3 is 1.26 bits per heavy atom. The van der Waals surface area contributed by atoms with Gasteiger partial charge in [-0.3, -0.25) is 0 Å². The summed E-state index contributed by atoms with van der Waals surface area (Å²) in [5.41, 5.74) is -1.24. The second-order valence-corrected chi connectivity index (χ2v) is 15.5. The van der Waals surface area contributed by atoms with Crippen LogP contribution in [0.3, 0.4) is 0 Å². The molecule has 0 unspecified atom stereocenters. The zero-order chi connectivity index (χ0) is 29.8. The maximum absolute atomic E-state index is 13.8. The molecule has 0 aromatic heterocycles. The zero-order valence-corrected chi connectivity index (χ0v) is 23.4. The Morgan fingerprint density at radius 1 is 0.564 bits per heavy atom. The number of benzene rings is 1. The van der Waals surface area contributed by atoms with Crippen molar-refractivity contribution < 1.29 is 33.7 Å². The van der Waals surface area contributed by atoms with Crippen molar-refractivity contribution in [1.82, 2.24) is 18.9 Å². The first kappa shape index (κ1) is 33.8. The highest BCUT2D eigenvalue weighted by atomic mass is 32.3. The maximum atomic E-state index is 13.8. The molecule has 1 aromatic rings. The van der Waals surface area contributed by atoms with Crippen LogP contribution in [-0.2, 0) is 43.5 Å². The first-order valence-corrected chi connectivity index (χ1v) is 16.7. The minimum atomic E-state index is -5.72. The maximum Gasteiger partial charge on any atom is 0.339 e. The molecular formula is C19H24N8O8S4. The molecule has 20 heteroatoms. The molecule has 0 bridgehead atoms. The second kappa shape index (κ2) is 14.3. The average molecular weight is 621 g/mol. The molecule has 1 aromatic carbocycles. The van der Waals surface area contributed by atoms with Crippen LogP contribution in [0.25, 0.3) is 0 Å². The van der Waals surface area contributed by atoms with Crippen LogP contribution >= 0.6 is 0 Å². The second-order valence-electron chi connectivity index (χ2n) is 7.28. The highest BCUT2D eigenvalue weighted by Crippen LogP contribution is 2.43. The SMILES string of the molecule is N#CCCNS(=O)(=O)c1ccccc1C(S(=O)(=O)NCCC#N)(S(=O)(=O)NCCC#N)S(=O)(=O)NCCC#N. The normalized spacial score (nSPS) is 12.5. The van der Waals surface area contributed by atoms with E-state index in [9.17, 15) is 33.7 Å². The van der Waals surface area contributed by atoms with E-state index in [1.807, 2.05) is 4.72 Å². The van der Waals surface area contributed by atoms with Crippen molar-refractivity contribution in [1.29, 1.82) is 21.0 Å². The van der Waals surface area contributed by atoms with E-state index in [0.717, 1.165) is 18.2 Å². The summed E-state index contributed by atoms with van der Waals surface area (Å²) in [5, 5.41) is 35.2. The van der Waals surface area contributed by atoms with Crippen molar-refractivity contribution in [3.05, 3.63) is 29.8 Å². The van der Waals surface area contributed by atoms with Crippen LogP contribution in [-0.4, -0.2) is 59.9 Å². The smallest absolute Gasteiger partial charge is 0.211 e. The Kier molecular flexibility index (Phi) is 12.4. The molecule has 0 fully saturated rings. The highest BCUT2D eigenvalue weighted by Gasteiger charge is 2.68. The molecular weight excluding hydrogens is 597 g/mol. The van der Waals surface area contributed by atoms with E-state index >= 15 is 0 Å². The van der Waals surface area contributed by atoms with Crippen molar-refractivity contribution in [2.24, 2.45) is 0 Å². The monoisotopic (exact) mass is 620 g/mol. The minimum Gasteiger partial charge on any atom is -0.211 e. The summed E-state index contributed by atoms with van der Waals surface area (Å²) in [6.07, 6.45) is -1.89. The Balaban J connectivity index is 4.32. The van der Waals surface area contributed by atoms with Gasteiger partial charge in [-0.1, -0.05) is 18.2 Å². The molecule has 39 heavy (non-hydrogen) atoms. The average Bonchev–Trinajstić information content (AvgIpc) is 2.84. The van der Waals surface area contributed by atoms with Crippen molar-refractivity contribution in [2.75, 3.05) is 26.2 Å². The van der Waals surface area contributed by atoms with Gasteiger partial charge in [0.05, 0.1) is 29.2 Å². The molecule has 0 aliphatic heterocycles. The van der Waals surface area contributed by atoms with Crippen LogP contribution in [0.2, 0.25) is 0 Å². The van der Waals surface area contributed by atoms with E-state index in [2.05, 4.69) is 0 Å². The first-order valence-electron chi connectivity index (χ1n) is 10.8. The van der Waals surface area contributed by atoms with Crippen molar-refractivity contribution >= 4 is 40.1 Å². The third-order valence-corrected chi connectivity index (χ3v) is 14.7. The van der Waals surface area contributed by atoms with Gasteiger partial charge in [-0.2, -0.15) is 21.0 Å².